The number of fused-ring (bicyclic) bond motifs is 1. The van der Waals surface area contributed by atoms with E-state index in [0.717, 1.165) is 12.1 Å². The zero-order chi connectivity index (χ0) is 16.8. The molecule has 2 aliphatic rings. The molecule has 1 aromatic carbocycles. The highest BCUT2D eigenvalue weighted by Gasteiger charge is 2.38. The van der Waals surface area contributed by atoms with Gasteiger partial charge in [0.2, 0.25) is 5.91 Å². The topological polar surface area (TPSA) is 54.5 Å². The molecule has 2 heterocycles. The molecule has 1 atom stereocenters. The van der Waals surface area contributed by atoms with E-state index in [-0.39, 0.29) is 23.8 Å². The lowest BCUT2D eigenvalue weighted by Gasteiger charge is -2.31. The molecule has 1 aromatic rings. The summed E-state index contributed by atoms with van der Waals surface area (Å²) < 4.78 is 61.5. The van der Waals surface area contributed by atoms with Crippen molar-refractivity contribution in [3.05, 3.63) is 29.3 Å². The van der Waals surface area contributed by atoms with E-state index >= 15 is 0 Å². The molecule has 0 bridgehead atoms. The monoisotopic (exact) mass is 347 g/mol. The highest BCUT2D eigenvalue weighted by atomic mass is 32.2. The fourth-order valence-electron chi connectivity index (χ4n) is 3.21. The Morgan fingerprint density at radius 3 is 2.61 bits per heavy atom. The average Bonchev–Trinajstić information content (AvgIpc) is 2.84. The van der Waals surface area contributed by atoms with Crippen molar-refractivity contribution in [2.24, 2.45) is 5.92 Å². The molecule has 8 heteroatoms. The fourth-order valence-corrected chi connectivity index (χ4v) is 4.95. The number of anilines is 1. The molecule has 3 rings (SSSR count). The van der Waals surface area contributed by atoms with E-state index in [9.17, 15) is 26.4 Å². The molecule has 1 fully saturated rings. The second-order valence-corrected chi connectivity index (χ2v) is 8.26. The SMILES string of the molecule is O=C(C1CCS(=O)(=O)C1)N1CCCc2cc(C(F)(F)F)ccc21. The molecule has 1 unspecified atom stereocenters. The van der Waals surface area contributed by atoms with Crippen LogP contribution in [0.1, 0.15) is 24.0 Å². The summed E-state index contributed by atoms with van der Waals surface area (Å²) in [5.74, 6) is -1.06. The molecule has 0 aliphatic carbocycles. The summed E-state index contributed by atoms with van der Waals surface area (Å²) in [6.45, 7) is 0.410. The second-order valence-electron chi connectivity index (χ2n) is 6.03. The van der Waals surface area contributed by atoms with Gasteiger partial charge in [-0.05, 0) is 43.0 Å². The van der Waals surface area contributed by atoms with Gasteiger partial charge in [-0.15, -0.1) is 0 Å². The molecular weight excluding hydrogens is 331 g/mol. The van der Waals surface area contributed by atoms with E-state index in [1.54, 1.807) is 0 Å². The van der Waals surface area contributed by atoms with Crippen molar-refractivity contribution in [3.63, 3.8) is 0 Å². The van der Waals surface area contributed by atoms with Gasteiger partial charge < -0.3 is 4.90 Å². The quantitative estimate of drug-likeness (QED) is 0.784. The molecule has 1 amide bonds. The number of hydrogen-bond acceptors (Lipinski definition) is 3. The highest BCUT2D eigenvalue weighted by molar-refractivity contribution is 7.91. The fraction of sp³-hybridized carbons (Fsp3) is 0.533. The predicted molar refractivity (Wildman–Crippen MR) is 78.9 cm³/mol. The van der Waals surface area contributed by atoms with Crippen molar-refractivity contribution < 1.29 is 26.4 Å². The van der Waals surface area contributed by atoms with Crippen LogP contribution in [0.3, 0.4) is 0 Å². The van der Waals surface area contributed by atoms with Gasteiger partial charge in [0.15, 0.2) is 9.84 Å². The third kappa shape index (κ3) is 3.22. The first-order valence-electron chi connectivity index (χ1n) is 7.39. The maximum atomic E-state index is 12.8. The Bertz CT molecular complexity index is 743. The molecule has 0 spiro atoms. The van der Waals surface area contributed by atoms with Gasteiger partial charge in [-0.1, -0.05) is 0 Å². The predicted octanol–water partition coefficient (Wildman–Crippen LogP) is 2.42. The third-order valence-corrected chi connectivity index (χ3v) is 6.14. The van der Waals surface area contributed by atoms with Gasteiger partial charge in [0.1, 0.15) is 0 Å². The summed E-state index contributed by atoms with van der Waals surface area (Å²) in [5.41, 5.74) is 0.229. The van der Waals surface area contributed by atoms with E-state index in [2.05, 4.69) is 0 Å². The minimum atomic E-state index is -4.42. The number of rotatable bonds is 1. The lowest BCUT2D eigenvalue weighted by Crippen LogP contribution is -2.40. The molecule has 0 saturated carbocycles. The first kappa shape index (κ1) is 16.3. The Balaban J connectivity index is 1.89. The Hall–Kier alpha value is -1.57. The zero-order valence-corrected chi connectivity index (χ0v) is 13.1. The van der Waals surface area contributed by atoms with Crippen molar-refractivity contribution in [3.8, 4) is 0 Å². The number of alkyl halides is 3. The van der Waals surface area contributed by atoms with Crippen molar-refractivity contribution in [1.29, 1.82) is 0 Å². The van der Waals surface area contributed by atoms with Gasteiger partial charge in [-0.3, -0.25) is 4.79 Å². The summed E-state index contributed by atoms with van der Waals surface area (Å²) in [5, 5.41) is 0. The van der Waals surface area contributed by atoms with E-state index in [4.69, 9.17) is 0 Å². The number of nitrogens with zero attached hydrogens (tertiary/aromatic N) is 1. The summed E-state index contributed by atoms with van der Waals surface area (Å²) in [6.07, 6.45) is -3.08. The average molecular weight is 347 g/mol. The van der Waals surface area contributed by atoms with Crippen molar-refractivity contribution in [1.82, 2.24) is 0 Å². The van der Waals surface area contributed by atoms with Crippen molar-refractivity contribution in [2.75, 3.05) is 23.0 Å². The van der Waals surface area contributed by atoms with E-state index in [1.165, 1.54) is 11.0 Å². The lowest BCUT2D eigenvalue weighted by molar-refractivity contribution is -0.137. The van der Waals surface area contributed by atoms with Gasteiger partial charge in [0.05, 0.1) is 23.0 Å². The van der Waals surface area contributed by atoms with E-state index in [1.807, 2.05) is 0 Å². The van der Waals surface area contributed by atoms with Crippen LogP contribution in [0, 0.1) is 5.92 Å². The minimum Gasteiger partial charge on any atom is -0.312 e. The molecular formula is C15H16F3NO3S. The number of halogens is 3. The number of carbonyl (C=O) groups excluding carboxylic acids is 1. The van der Waals surface area contributed by atoms with Crippen LogP contribution < -0.4 is 4.90 Å². The Morgan fingerprint density at radius 1 is 1.26 bits per heavy atom. The summed E-state index contributed by atoms with van der Waals surface area (Å²) in [6, 6.07) is 3.37. The number of amides is 1. The Kier molecular flexibility index (Phi) is 3.90. The normalized spacial score (nSPS) is 23.6. The molecule has 4 nitrogen and oxygen atoms in total. The molecule has 0 N–H and O–H groups in total. The van der Waals surface area contributed by atoms with Crippen LogP contribution in [0.2, 0.25) is 0 Å². The maximum Gasteiger partial charge on any atom is 0.416 e. The van der Waals surface area contributed by atoms with Crippen LogP contribution in [0.5, 0.6) is 0 Å². The first-order chi connectivity index (χ1) is 10.7. The second kappa shape index (κ2) is 5.51. The standard InChI is InChI=1S/C15H16F3NO3S/c16-15(17,18)12-3-4-13-10(8-12)2-1-6-19(13)14(20)11-5-7-23(21,22)9-11/h3-4,8,11H,1-2,5-7,9H2. The van der Waals surface area contributed by atoms with Crippen LogP contribution in [-0.2, 0) is 27.2 Å². The molecule has 2 aliphatic heterocycles. The third-order valence-electron chi connectivity index (χ3n) is 4.37. The van der Waals surface area contributed by atoms with Crippen LogP contribution >= 0.6 is 0 Å². The lowest BCUT2D eigenvalue weighted by atomic mass is 9.97. The smallest absolute Gasteiger partial charge is 0.312 e. The van der Waals surface area contributed by atoms with Crippen LogP contribution in [0.15, 0.2) is 18.2 Å². The number of sulfone groups is 1. The molecule has 23 heavy (non-hydrogen) atoms. The van der Waals surface area contributed by atoms with E-state index in [0.29, 0.717) is 30.6 Å². The Labute approximate surface area is 132 Å². The van der Waals surface area contributed by atoms with Crippen LogP contribution in [0.4, 0.5) is 18.9 Å². The minimum absolute atomic E-state index is 0.00286. The zero-order valence-electron chi connectivity index (χ0n) is 12.3. The number of carbonyl (C=O) groups is 1. The molecule has 0 aromatic heterocycles. The number of benzene rings is 1. The maximum absolute atomic E-state index is 12.8. The first-order valence-corrected chi connectivity index (χ1v) is 9.21. The Morgan fingerprint density at radius 2 is 2.00 bits per heavy atom. The molecule has 126 valence electrons. The summed E-state index contributed by atoms with van der Waals surface area (Å²) in [4.78, 5) is 14.0. The molecule has 1 saturated heterocycles. The van der Waals surface area contributed by atoms with Crippen molar-refractivity contribution in [2.45, 2.75) is 25.4 Å². The summed E-state index contributed by atoms with van der Waals surface area (Å²) in [7, 11) is -3.18. The highest BCUT2D eigenvalue weighted by Crippen LogP contribution is 2.36. The van der Waals surface area contributed by atoms with Gasteiger partial charge in [0, 0.05) is 12.2 Å². The molecule has 0 radical (unpaired) electrons. The van der Waals surface area contributed by atoms with Crippen LogP contribution in [-0.4, -0.2) is 32.4 Å². The van der Waals surface area contributed by atoms with Gasteiger partial charge in [0.25, 0.3) is 0 Å². The van der Waals surface area contributed by atoms with E-state index < -0.39 is 27.5 Å². The van der Waals surface area contributed by atoms with Gasteiger partial charge in [-0.2, -0.15) is 13.2 Å². The van der Waals surface area contributed by atoms with Crippen molar-refractivity contribution >= 4 is 21.4 Å². The largest absolute Gasteiger partial charge is 0.416 e. The van der Waals surface area contributed by atoms with Gasteiger partial charge >= 0.3 is 6.18 Å². The van der Waals surface area contributed by atoms with Crippen LogP contribution in [0.25, 0.3) is 0 Å². The summed E-state index contributed by atoms with van der Waals surface area (Å²) >= 11 is 0. The number of hydrogen-bond donors (Lipinski definition) is 0. The van der Waals surface area contributed by atoms with Gasteiger partial charge in [-0.25, -0.2) is 8.42 Å². The number of aryl methyl sites for hydroxylation is 1.